The van der Waals surface area contributed by atoms with Gasteiger partial charge in [0.1, 0.15) is 5.75 Å². The molecule has 1 amide bonds. The van der Waals surface area contributed by atoms with Gasteiger partial charge < -0.3 is 19.1 Å². The first-order valence-corrected chi connectivity index (χ1v) is 9.43. The van der Waals surface area contributed by atoms with Crippen LogP contribution in [0.5, 0.6) is 17.2 Å². The van der Waals surface area contributed by atoms with Crippen LogP contribution in [0.4, 0.5) is 0 Å². The first-order chi connectivity index (χ1) is 12.7. The van der Waals surface area contributed by atoms with Crippen molar-refractivity contribution < 1.29 is 19.0 Å². The zero-order chi connectivity index (χ0) is 18.5. The fraction of sp³-hybridized carbons (Fsp3) is 0.421. The van der Waals surface area contributed by atoms with E-state index in [1.54, 1.807) is 44.8 Å². The molecule has 1 aliphatic heterocycles. The molecule has 2 heterocycles. The van der Waals surface area contributed by atoms with Gasteiger partial charge in [-0.25, -0.2) is 0 Å². The van der Waals surface area contributed by atoms with Crippen LogP contribution in [0.2, 0.25) is 0 Å². The van der Waals surface area contributed by atoms with Crippen molar-refractivity contribution in [1.82, 2.24) is 9.80 Å². The van der Waals surface area contributed by atoms with Gasteiger partial charge in [-0.3, -0.25) is 9.69 Å². The topological polar surface area (TPSA) is 51.2 Å². The summed E-state index contributed by atoms with van der Waals surface area (Å²) in [7, 11) is 4.67. The predicted molar refractivity (Wildman–Crippen MR) is 102 cm³/mol. The highest BCUT2D eigenvalue weighted by Gasteiger charge is 2.26. The van der Waals surface area contributed by atoms with E-state index in [1.165, 1.54) is 5.56 Å². The molecule has 1 fully saturated rings. The molecule has 7 heteroatoms. The Morgan fingerprint density at radius 2 is 1.65 bits per heavy atom. The van der Waals surface area contributed by atoms with Gasteiger partial charge in [-0.15, -0.1) is 0 Å². The Kier molecular flexibility index (Phi) is 6.00. The SMILES string of the molecule is COc1cc(OC)c(C(=O)N2CCN(Cc3ccsc3)CC2)cc1OC. The van der Waals surface area contributed by atoms with Crippen LogP contribution < -0.4 is 14.2 Å². The van der Waals surface area contributed by atoms with E-state index >= 15 is 0 Å². The Morgan fingerprint density at radius 3 is 2.23 bits per heavy atom. The lowest BCUT2D eigenvalue weighted by atomic mass is 10.1. The van der Waals surface area contributed by atoms with Crippen LogP contribution in [0, 0.1) is 0 Å². The van der Waals surface area contributed by atoms with Gasteiger partial charge in [0.05, 0.1) is 26.9 Å². The van der Waals surface area contributed by atoms with Crippen LogP contribution >= 0.6 is 11.3 Å². The molecular formula is C19H24N2O4S. The number of hydrogen-bond acceptors (Lipinski definition) is 6. The van der Waals surface area contributed by atoms with Gasteiger partial charge in [-0.2, -0.15) is 11.3 Å². The molecule has 1 aromatic heterocycles. The summed E-state index contributed by atoms with van der Waals surface area (Å²) in [6.07, 6.45) is 0. The van der Waals surface area contributed by atoms with Gasteiger partial charge in [-0.05, 0) is 22.4 Å². The van der Waals surface area contributed by atoms with E-state index in [4.69, 9.17) is 14.2 Å². The lowest BCUT2D eigenvalue weighted by Gasteiger charge is -2.34. The van der Waals surface area contributed by atoms with Crippen molar-refractivity contribution in [2.75, 3.05) is 47.5 Å². The van der Waals surface area contributed by atoms with Crippen molar-refractivity contribution in [1.29, 1.82) is 0 Å². The van der Waals surface area contributed by atoms with Crippen LogP contribution in [0.3, 0.4) is 0 Å². The molecule has 26 heavy (non-hydrogen) atoms. The van der Waals surface area contributed by atoms with Crippen molar-refractivity contribution in [2.45, 2.75) is 6.54 Å². The van der Waals surface area contributed by atoms with E-state index in [0.717, 1.165) is 19.6 Å². The normalized spacial score (nSPS) is 15.0. The molecule has 3 rings (SSSR count). The van der Waals surface area contributed by atoms with Crippen LogP contribution in [0.1, 0.15) is 15.9 Å². The smallest absolute Gasteiger partial charge is 0.257 e. The molecule has 0 atom stereocenters. The highest BCUT2D eigenvalue weighted by atomic mass is 32.1. The molecule has 140 valence electrons. The third-order valence-electron chi connectivity index (χ3n) is 4.58. The summed E-state index contributed by atoms with van der Waals surface area (Å²) in [5.41, 5.74) is 1.83. The molecule has 0 aliphatic carbocycles. The summed E-state index contributed by atoms with van der Waals surface area (Å²) in [6, 6.07) is 5.54. The Bertz CT molecular complexity index is 740. The van der Waals surface area contributed by atoms with Crippen LogP contribution in [-0.2, 0) is 6.54 Å². The van der Waals surface area contributed by atoms with Gasteiger partial charge in [0.15, 0.2) is 11.5 Å². The van der Waals surface area contributed by atoms with E-state index in [9.17, 15) is 4.79 Å². The lowest BCUT2D eigenvalue weighted by molar-refractivity contribution is 0.0625. The Hall–Kier alpha value is -2.25. The van der Waals surface area contributed by atoms with Crippen LogP contribution in [0.25, 0.3) is 0 Å². The predicted octanol–water partition coefficient (Wildman–Crippen LogP) is 2.73. The summed E-state index contributed by atoms with van der Waals surface area (Å²) in [4.78, 5) is 17.2. The van der Waals surface area contributed by atoms with Crippen molar-refractivity contribution in [3.63, 3.8) is 0 Å². The quantitative estimate of drug-likeness (QED) is 0.776. The number of thiophene rings is 1. The van der Waals surface area contributed by atoms with E-state index in [1.807, 2.05) is 4.90 Å². The summed E-state index contributed by atoms with van der Waals surface area (Å²) in [6.45, 7) is 4.04. The molecular weight excluding hydrogens is 352 g/mol. The molecule has 1 aliphatic rings. The molecule has 0 bridgehead atoms. The number of ether oxygens (including phenoxy) is 3. The van der Waals surface area contributed by atoms with Crippen LogP contribution in [-0.4, -0.2) is 63.2 Å². The first-order valence-electron chi connectivity index (χ1n) is 8.49. The maximum atomic E-state index is 13.0. The Labute approximate surface area is 157 Å². The first kappa shape index (κ1) is 18.5. The summed E-state index contributed by atoms with van der Waals surface area (Å²) < 4.78 is 16.0. The highest BCUT2D eigenvalue weighted by molar-refractivity contribution is 7.07. The number of piperazine rings is 1. The van der Waals surface area contributed by atoms with Crippen molar-refractivity contribution >= 4 is 17.2 Å². The number of amides is 1. The van der Waals surface area contributed by atoms with Crippen molar-refractivity contribution in [2.24, 2.45) is 0 Å². The standard InChI is InChI=1S/C19H24N2O4S/c1-23-16-11-18(25-3)17(24-2)10-15(16)19(22)21-7-5-20(6-8-21)12-14-4-9-26-13-14/h4,9-11,13H,5-8,12H2,1-3H3. The third-order valence-corrected chi connectivity index (χ3v) is 5.31. The number of hydrogen-bond donors (Lipinski definition) is 0. The van der Waals surface area contributed by atoms with Gasteiger partial charge in [0.2, 0.25) is 0 Å². The molecule has 0 unspecified atom stereocenters. The largest absolute Gasteiger partial charge is 0.496 e. The number of carbonyl (C=O) groups excluding carboxylic acids is 1. The second-order valence-corrected chi connectivity index (χ2v) is 6.89. The number of methoxy groups -OCH3 is 3. The molecule has 2 aromatic rings. The monoisotopic (exact) mass is 376 g/mol. The molecule has 0 saturated carbocycles. The Balaban J connectivity index is 1.70. The van der Waals surface area contributed by atoms with E-state index in [-0.39, 0.29) is 5.91 Å². The minimum absolute atomic E-state index is 0.0435. The van der Waals surface area contributed by atoms with Gasteiger partial charge in [0.25, 0.3) is 5.91 Å². The summed E-state index contributed by atoms with van der Waals surface area (Å²) in [5.74, 6) is 1.51. The molecule has 0 spiro atoms. The molecule has 0 radical (unpaired) electrons. The molecule has 0 N–H and O–H groups in total. The minimum atomic E-state index is -0.0435. The summed E-state index contributed by atoms with van der Waals surface area (Å²) in [5, 5.41) is 4.27. The van der Waals surface area contributed by atoms with Gasteiger partial charge in [-0.1, -0.05) is 0 Å². The highest BCUT2D eigenvalue weighted by Crippen LogP contribution is 2.35. The number of benzene rings is 1. The lowest BCUT2D eigenvalue weighted by Crippen LogP contribution is -2.48. The van der Waals surface area contributed by atoms with Gasteiger partial charge >= 0.3 is 0 Å². The number of rotatable bonds is 6. The third kappa shape index (κ3) is 3.94. The second-order valence-electron chi connectivity index (χ2n) is 6.11. The van der Waals surface area contributed by atoms with Crippen molar-refractivity contribution in [3.05, 3.63) is 40.1 Å². The molecule has 1 saturated heterocycles. The summed E-state index contributed by atoms with van der Waals surface area (Å²) >= 11 is 1.71. The number of carbonyl (C=O) groups is 1. The van der Waals surface area contributed by atoms with Crippen LogP contribution in [0.15, 0.2) is 29.0 Å². The molecule has 1 aromatic carbocycles. The fourth-order valence-electron chi connectivity index (χ4n) is 3.12. The minimum Gasteiger partial charge on any atom is -0.496 e. The zero-order valence-electron chi connectivity index (χ0n) is 15.4. The van der Waals surface area contributed by atoms with Gasteiger partial charge in [0, 0.05) is 44.9 Å². The van der Waals surface area contributed by atoms with E-state index in [2.05, 4.69) is 21.7 Å². The second kappa shape index (κ2) is 8.42. The average Bonchev–Trinajstić information content (AvgIpc) is 3.20. The maximum Gasteiger partial charge on any atom is 0.257 e. The fourth-order valence-corrected chi connectivity index (χ4v) is 3.78. The maximum absolute atomic E-state index is 13.0. The van der Waals surface area contributed by atoms with E-state index < -0.39 is 0 Å². The Morgan fingerprint density at radius 1 is 1.00 bits per heavy atom. The average molecular weight is 376 g/mol. The zero-order valence-corrected chi connectivity index (χ0v) is 16.2. The molecule has 6 nitrogen and oxygen atoms in total. The number of nitrogens with zero attached hydrogens (tertiary/aromatic N) is 2. The van der Waals surface area contributed by atoms with Crippen molar-refractivity contribution in [3.8, 4) is 17.2 Å². The van der Waals surface area contributed by atoms with E-state index in [0.29, 0.717) is 35.9 Å².